The lowest BCUT2D eigenvalue weighted by atomic mass is 10.1. The quantitative estimate of drug-likeness (QED) is 0.718. The van der Waals surface area contributed by atoms with Crippen molar-refractivity contribution in [3.05, 3.63) is 62.5 Å². The predicted octanol–water partition coefficient (Wildman–Crippen LogP) is 5.44. The fourth-order valence-electron chi connectivity index (χ4n) is 2.16. The van der Waals surface area contributed by atoms with E-state index >= 15 is 0 Å². The molecule has 0 saturated carbocycles. The lowest BCUT2D eigenvalue weighted by Crippen LogP contribution is -2.10. The van der Waals surface area contributed by atoms with Gasteiger partial charge >= 0.3 is 0 Å². The molecule has 0 amide bonds. The molecule has 20 heavy (non-hydrogen) atoms. The number of aliphatic hydroxyl groups is 1. The monoisotopic (exact) mass is 397 g/mol. The number of hydrogen-bond acceptors (Lipinski definition) is 2. The van der Waals surface area contributed by atoms with Crippen LogP contribution in [0.4, 0.5) is 5.69 Å². The summed E-state index contributed by atoms with van der Waals surface area (Å²) in [4.78, 5) is 0. The van der Waals surface area contributed by atoms with Crippen molar-refractivity contribution in [2.24, 2.45) is 0 Å². The Hall–Kier alpha value is -0.840. The summed E-state index contributed by atoms with van der Waals surface area (Å²) < 4.78 is 2.10. The summed E-state index contributed by atoms with van der Waals surface area (Å²) in [5.74, 6) is 0. The molecule has 0 spiro atoms. The Morgan fingerprint density at radius 1 is 1.00 bits per heavy atom. The van der Waals surface area contributed by atoms with Crippen LogP contribution < -0.4 is 5.32 Å². The van der Waals surface area contributed by atoms with E-state index in [0.717, 1.165) is 20.2 Å². The summed E-state index contributed by atoms with van der Waals surface area (Å²) in [7, 11) is 0. The van der Waals surface area contributed by atoms with Gasteiger partial charge in [0.05, 0.1) is 6.10 Å². The molecule has 0 fully saturated rings. The molecule has 2 atom stereocenters. The fourth-order valence-corrected chi connectivity index (χ4v) is 3.55. The van der Waals surface area contributed by atoms with Gasteiger partial charge in [-0.05, 0) is 37.6 Å². The van der Waals surface area contributed by atoms with Gasteiger partial charge in [0.1, 0.15) is 0 Å². The fraction of sp³-hybridized carbons (Fsp3) is 0.250. The Kier molecular flexibility index (Phi) is 5.24. The van der Waals surface area contributed by atoms with Gasteiger partial charge in [-0.25, -0.2) is 0 Å². The molecular formula is C16H17Br2NO. The maximum Gasteiger partial charge on any atom is 0.0781 e. The predicted molar refractivity (Wildman–Crippen MR) is 91.0 cm³/mol. The van der Waals surface area contributed by atoms with Crippen molar-refractivity contribution < 1.29 is 5.11 Å². The van der Waals surface area contributed by atoms with Crippen molar-refractivity contribution in [1.29, 1.82) is 0 Å². The van der Waals surface area contributed by atoms with Gasteiger partial charge in [0, 0.05) is 26.2 Å². The first-order valence-electron chi connectivity index (χ1n) is 6.47. The van der Waals surface area contributed by atoms with Crippen LogP contribution in [0.15, 0.2) is 51.4 Å². The first kappa shape index (κ1) is 15.5. The standard InChI is InChI=1S/C16H17Br2NO/c1-10(13-8-7-12(17)9-15(13)18)19-16-6-4-3-5-14(16)11(2)20/h3-11,19-20H,1-2H3. The number of hydrogen-bond donors (Lipinski definition) is 2. The lowest BCUT2D eigenvalue weighted by Gasteiger charge is -2.20. The molecule has 2 N–H and O–H groups in total. The molecule has 0 aliphatic carbocycles. The molecule has 0 bridgehead atoms. The average Bonchev–Trinajstić information content (AvgIpc) is 2.38. The number of aliphatic hydroxyl groups excluding tert-OH is 1. The Bertz CT molecular complexity index is 599. The van der Waals surface area contributed by atoms with E-state index in [-0.39, 0.29) is 6.04 Å². The summed E-state index contributed by atoms with van der Waals surface area (Å²) >= 11 is 7.05. The van der Waals surface area contributed by atoms with Gasteiger partial charge < -0.3 is 10.4 Å². The number of para-hydroxylation sites is 1. The van der Waals surface area contributed by atoms with E-state index in [0.29, 0.717) is 0 Å². The van der Waals surface area contributed by atoms with Crippen LogP contribution in [0.3, 0.4) is 0 Å². The SMILES string of the molecule is CC(O)c1ccccc1NC(C)c1ccc(Br)cc1Br. The summed E-state index contributed by atoms with van der Waals surface area (Å²) in [6.07, 6.45) is -0.487. The first-order valence-corrected chi connectivity index (χ1v) is 8.06. The summed E-state index contributed by atoms with van der Waals surface area (Å²) in [6.45, 7) is 3.88. The molecule has 2 aromatic carbocycles. The van der Waals surface area contributed by atoms with E-state index < -0.39 is 6.10 Å². The van der Waals surface area contributed by atoms with Crippen LogP contribution in [0.5, 0.6) is 0 Å². The van der Waals surface area contributed by atoms with Gasteiger partial charge in [0.15, 0.2) is 0 Å². The third kappa shape index (κ3) is 3.62. The molecule has 0 aromatic heterocycles. The van der Waals surface area contributed by atoms with Gasteiger partial charge in [-0.2, -0.15) is 0 Å². The Balaban J connectivity index is 2.26. The number of halogens is 2. The highest BCUT2D eigenvalue weighted by Crippen LogP contribution is 2.31. The second-order valence-corrected chi connectivity index (χ2v) is 6.57. The van der Waals surface area contributed by atoms with E-state index in [2.05, 4.69) is 50.2 Å². The highest BCUT2D eigenvalue weighted by molar-refractivity contribution is 9.11. The second-order valence-electron chi connectivity index (χ2n) is 4.80. The molecule has 2 aromatic rings. The summed E-state index contributed by atoms with van der Waals surface area (Å²) in [5, 5.41) is 13.3. The van der Waals surface area contributed by atoms with Crippen molar-refractivity contribution in [3.63, 3.8) is 0 Å². The molecule has 0 radical (unpaired) electrons. The molecular weight excluding hydrogens is 382 g/mol. The Labute approximate surface area is 136 Å². The van der Waals surface area contributed by atoms with Crippen molar-refractivity contribution in [1.82, 2.24) is 0 Å². The normalized spacial score (nSPS) is 13.8. The van der Waals surface area contributed by atoms with Crippen LogP contribution in [-0.4, -0.2) is 5.11 Å². The second kappa shape index (κ2) is 6.74. The van der Waals surface area contributed by atoms with Crippen LogP contribution in [-0.2, 0) is 0 Å². The summed E-state index contributed by atoms with van der Waals surface area (Å²) in [5.41, 5.74) is 3.05. The Morgan fingerprint density at radius 3 is 2.35 bits per heavy atom. The van der Waals surface area contributed by atoms with Crippen molar-refractivity contribution in [2.75, 3.05) is 5.32 Å². The van der Waals surface area contributed by atoms with Crippen LogP contribution in [0.1, 0.15) is 37.1 Å². The first-order chi connectivity index (χ1) is 9.49. The largest absolute Gasteiger partial charge is 0.389 e. The van der Waals surface area contributed by atoms with Gasteiger partial charge in [-0.3, -0.25) is 0 Å². The van der Waals surface area contributed by atoms with Gasteiger partial charge in [0.25, 0.3) is 0 Å². The number of rotatable bonds is 4. The zero-order chi connectivity index (χ0) is 14.7. The van der Waals surface area contributed by atoms with Crippen molar-refractivity contribution in [2.45, 2.75) is 26.0 Å². The third-order valence-electron chi connectivity index (χ3n) is 3.21. The van der Waals surface area contributed by atoms with Gasteiger partial charge in [-0.1, -0.05) is 56.1 Å². The molecule has 4 heteroatoms. The smallest absolute Gasteiger partial charge is 0.0781 e. The molecule has 0 saturated heterocycles. The van der Waals surface area contributed by atoms with E-state index in [9.17, 15) is 5.11 Å². The number of anilines is 1. The van der Waals surface area contributed by atoms with Crippen LogP contribution in [0, 0.1) is 0 Å². The minimum Gasteiger partial charge on any atom is -0.389 e. The zero-order valence-electron chi connectivity index (χ0n) is 11.4. The molecule has 0 aliphatic heterocycles. The molecule has 0 heterocycles. The van der Waals surface area contributed by atoms with Crippen LogP contribution in [0.25, 0.3) is 0 Å². The van der Waals surface area contributed by atoms with Gasteiger partial charge in [0.2, 0.25) is 0 Å². The van der Waals surface area contributed by atoms with Crippen molar-refractivity contribution >= 4 is 37.5 Å². The van der Waals surface area contributed by atoms with E-state index in [1.807, 2.05) is 36.4 Å². The van der Waals surface area contributed by atoms with Gasteiger partial charge in [-0.15, -0.1) is 0 Å². The van der Waals surface area contributed by atoms with E-state index in [4.69, 9.17) is 0 Å². The van der Waals surface area contributed by atoms with Crippen molar-refractivity contribution in [3.8, 4) is 0 Å². The van der Waals surface area contributed by atoms with E-state index in [1.54, 1.807) is 6.92 Å². The van der Waals surface area contributed by atoms with Crippen LogP contribution >= 0.6 is 31.9 Å². The highest BCUT2D eigenvalue weighted by atomic mass is 79.9. The maximum atomic E-state index is 9.82. The lowest BCUT2D eigenvalue weighted by molar-refractivity contribution is 0.200. The average molecular weight is 399 g/mol. The highest BCUT2D eigenvalue weighted by Gasteiger charge is 2.13. The third-order valence-corrected chi connectivity index (χ3v) is 4.39. The molecule has 0 aliphatic rings. The van der Waals surface area contributed by atoms with E-state index in [1.165, 1.54) is 5.56 Å². The molecule has 2 unspecified atom stereocenters. The molecule has 106 valence electrons. The zero-order valence-corrected chi connectivity index (χ0v) is 14.6. The minimum absolute atomic E-state index is 0.136. The molecule has 2 nitrogen and oxygen atoms in total. The molecule has 2 rings (SSSR count). The number of benzene rings is 2. The summed E-state index contributed by atoms with van der Waals surface area (Å²) in [6, 6.07) is 14.1. The van der Waals surface area contributed by atoms with Crippen LogP contribution in [0.2, 0.25) is 0 Å². The maximum absolute atomic E-state index is 9.82. The number of nitrogens with one attached hydrogen (secondary N) is 1. The Morgan fingerprint density at radius 2 is 1.70 bits per heavy atom. The topological polar surface area (TPSA) is 32.3 Å². The minimum atomic E-state index is -0.487.